The molecule has 0 radical (unpaired) electrons. The molecule has 1 aliphatic carbocycles. The molecule has 0 unspecified atom stereocenters. The molecule has 0 heterocycles. The Morgan fingerprint density at radius 2 is 2.38 bits per heavy atom. The zero-order valence-corrected chi connectivity index (χ0v) is 10.9. The largest absolute Gasteiger partial charge is 0.383 e. The number of thiocarbonyl (C=S) groups is 1. The molecule has 2 N–H and O–H groups in total. The van der Waals surface area contributed by atoms with E-state index in [1.165, 1.54) is 5.57 Å². The lowest BCUT2D eigenvalue weighted by Crippen LogP contribution is -2.40. The maximum atomic E-state index is 5.10. The Kier molecular flexibility index (Phi) is 5.42. The Bertz CT molecular complexity index is 312. The Hall–Kier alpha value is -0.940. The number of allylic oxidation sites excluding steroid dienone is 2. The predicted octanol–water partition coefficient (Wildman–Crippen LogP) is 1.58. The number of hydrazone groups is 1. The van der Waals surface area contributed by atoms with Crippen molar-refractivity contribution in [2.75, 3.05) is 13.7 Å². The van der Waals surface area contributed by atoms with E-state index < -0.39 is 0 Å². The van der Waals surface area contributed by atoms with Gasteiger partial charge < -0.3 is 10.1 Å². The van der Waals surface area contributed by atoms with Crippen molar-refractivity contribution < 1.29 is 4.74 Å². The van der Waals surface area contributed by atoms with Gasteiger partial charge in [0.1, 0.15) is 0 Å². The molecule has 16 heavy (non-hydrogen) atoms. The quantitative estimate of drug-likeness (QED) is 0.579. The zero-order valence-electron chi connectivity index (χ0n) is 10.0. The first-order valence-electron chi connectivity index (χ1n) is 5.41. The lowest BCUT2D eigenvalue weighted by Gasteiger charge is -2.14. The first kappa shape index (κ1) is 13.1. The second-order valence-electron chi connectivity index (χ2n) is 4.04. The fraction of sp³-hybridized carbons (Fsp3) is 0.636. The van der Waals surface area contributed by atoms with E-state index in [-0.39, 0.29) is 6.04 Å². The lowest BCUT2D eigenvalue weighted by atomic mass is 10.3. The summed E-state index contributed by atoms with van der Waals surface area (Å²) in [6, 6.07) is 0.186. The second kappa shape index (κ2) is 6.60. The van der Waals surface area contributed by atoms with Gasteiger partial charge in [0.25, 0.3) is 0 Å². The van der Waals surface area contributed by atoms with E-state index in [1.54, 1.807) is 7.11 Å². The first-order valence-corrected chi connectivity index (χ1v) is 5.82. The molecule has 5 heteroatoms. The molecule has 90 valence electrons. The molecule has 0 saturated carbocycles. The summed E-state index contributed by atoms with van der Waals surface area (Å²) in [6.07, 6.45) is 4.18. The van der Waals surface area contributed by atoms with Gasteiger partial charge in [-0.2, -0.15) is 5.10 Å². The van der Waals surface area contributed by atoms with Crippen LogP contribution >= 0.6 is 12.2 Å². The van der Waals surface area contributed by atoms with Crippen LogP contribution in [0, 0.1) is 0 Å². The average Bonchev–Trinajstić information content (AvgIpc) is 2.61. The first-order chi connectivity index (χ1) is 7.61. The summed E-state index contributed by atoms with van der Waals surface area (Å²) in [5, 5.41) is 7.85. The Morgan fingerprint density at radius 1 is 1.62 bits per heavy atom. The van der Waals surface area contributed by atoms with Crippen LogP contribution in [0.4, 0.5) is 0 Å². The second-order valence-corrected chi connectivity index (χ2v) is 4.44. The monoisotopic (exact) mass is 241 g/mol. The highest BCUT2D eigenvalue weighted by Gasteiger charge is 2.07. The molecular weight excluding hydrogens is 222 g/mol. The minimum absolute atomic E-state index is 0.186. The van der Waals surface area contributed by atoms with E-state index in [1.807, 2.05) is 6.92 Å². The van der Waals surface area contributed by atoms with Gasteiger partial charge in [0, 0.05) is 13.2 Å². The molecule has 0 amide bonds. The van der Waals surface area contributed by atoms with Gasteiger partial charge in [-0.25, -0.2) is 0 Å². The van der Waals surface area contributed by atoms with Crippen LogP contribution in [0.25, 0.3) is 0 Å². The number of nitrogens with zero attached hydrogens (tertiary/aromatic N) is 1. The zero-order chi connectivity index (χ0) is 12.0. The number of hydrogen-bond acceptors (Lipinski definition) is 3. The van der Waals surface area contributed by atoms with E-state index in [0.29, 0.717) is 11.7 Å². The predicted molar refractivity (Wildman–Crippen MR) is 70.6 cm³/mol. The summed E-state index contributed by atoms with van der Waals surface area (Å²) in [5.74, 6) is 0. The number of ether oxygens (including phenoxy) is 1. The molecule has 0 aromatic carbocycles. The SMILES string of the molecule is COC[C@@H](C)NC(=S)NN=C1C=C(C)CC1. The molecule has 1 aliphatic rings. The Balaban J connectivity index is 2.30. The van der Waals surface area contributed by atoms with Crippen molar-refractivity contribution in [2.24, 2.45) is 5.10 Å². The third-order valence-electron chi connectivity index (χ3n) is 2.28. The van der Waals surface area contributed by atoms with Crippen LogP contribution in [0.15, 0.2) is 16.8 Å². The van der Waals surface area contributed by atoms with Crippen molar-refractivity contribution in [3.63, 3.8) is 0 Å². The molecule has 1 atom stereocenters. The summed E-state index contributed by atoms with van der Waals surface area (Å²) < 4.78 is 5.00. The van der Waals surface area contributed by atoms with E-state index in [4.69, 9.17) is 17.0 Å². The summed E-state index contributed by atoms with van der Waals surface area (Å²) in [5.41, 5.74) is 5.27. The highest BCUT2D eigenvalue weighted by Crippen LogP contribution is 2.14. The van der Waals surface area contributed by atoms with Crippen molar-refractivity contribution in [3.8, 4) is 0 Å². The number of nitrogens with one attached hydrogen (secondary N) is 2. The lowest BCUT2D eigenvalue weighted by molar-refractivity contribution is 0.179. The molecular formula is C11H19N3OS. The van der Waals surface area contributed by atoms with Crippen molar-refractivity contribution in [1.82, 2.24) is 10.7 Å². The molecule has 4 nitrogen and oxygen atoms in total. The number of rotatable bonds is 4. The molecule has 0 aromatic rings. The maximum Gasteiger partial charge on any atom is 0.187 e. The van der Waals surface area contributed by atoms with Crippen LogP contribution in [-0.4, -0.2) is 30.6 Å². The topological polar surface area (TPSA) is 45.6 Å². The van der Waals surface area contributed by atoms with E-state index in [2.05, 4.69) is 28.8 Å². The fourth-order valence-corrected chi connectivity index (χ4v) is 1.76. The van der Waals surface area contributed by atoms with E-state index in [0.717, 1.165) is 18.6 Å². The van der Waals surface area contributed by atoms with Gasteiger partial charge in [0.05, 0.1) is 12.3 Å². The fourth-order valence-electron chi connectivity index (χ4n) is 1.51. The minimum atomic E-state index is 0.186. The highest BCUT2D eigenvalue weighted by atomic mass is 32.1. The van der Waals surface area contributed by atoms with Crippen molar-refractivity contribution in [1.29, 1.82) is 0 Å². The summed E-state index contributed by atoms with van der Waals surface area (Å²) in [6.45, 7) is 4.74. The van der Waals surface area contributed by atoms with Crippen LogP contribution in [0.1, 0.15) is 26.7 Å². The molecule has 0 spiro atoms. The van der Waals surface area contributed by atoms with E-state index in [9.17, 15) is 0 Å². The van der Waals surface area contributed by atoms with Crippen LogP contribution in [0.5, 0.6) is 0 Å². The number of methoxy groups -OCH3 is 1. The van der Waals surface area contributed by atoms with Gasteiger partial charge >= 0.3 is 0 Å². The summed E-state index contributed by atoms with van der Waals surface area (Å²) >= 11 is 5.10. The van der Waals surface area contributed by atoms with Crippen LogP contribution in [-0.2, 0) is 4.74 Å². The van der Waals surface area contributed by atoms with Gasteiger partial charge in [-0.1, -0.05) is 5.57 Å². The van der Waals surface area contributed by atoms with Crippen LogP contribution < -0.4 is 10.7 Å². The third-order valence-corrected chi connectivity index (χ3v) is 2.49. The van der Waals surface area contributed by atoms with Crippen LogP contribution in [0.3, 0.4) is 0 Å². The van der Waals surface area contributed by atoms with Crippen LogP contribution in [0.2, 0.25) is 0 Å². The van der Waals surface area contributed by atoms with Gasteiger partial charge in [-0.05, 0) is 45.0 Å². The smallest absolute Gasteiger partial charge is 0.187 e. The van der Waals surface area contributed by atoms with Gasteiger partial charge in [0.2, 0.25) is 0 Å². The Labute approximate surface area is 102 Å². The maximum absolute atomic E-state index is 5.10. The number of hydrogen-bond donors (Lipinski definition) is 2. The average molecular weight is 241 g/mol. The molecule has 0 fully saturated rings. The standard InChI is InChI=1S/C11H19N3OS/c1-8-4-5-10(6-8)13-14-11(16)12-9(2)7-15-3/h6,9H,4-5,7H2,1-3H3,(H2,12,14,16)/t9-/m1/s1. The molecule has 0 saturated heterocycles. The summed E-state index contributed by atoms with van der Waals surface area (Å²) in [7, 11) is 1.67. The van der Waals surface area contributed by atoms with Crippen molar-refractivity contribution in [3.05, 3.63) is 11.6 Å². The molecule has 0 aliphatic heterocycles. The molecule has 1 rings (SSSR count). The third kappa shape index (κ3) is 4.72. The normalized spacial score (nSPS) is 19.4. The highest BCUT2D eigenvalue weighted by molar-refractivity contribution is 7.80. The van der Waals surface area contributed by atoms with Gasteiger partial charge in [0.15, 0.2) is 5.11 Å². The molecule has 0 bridgehead atoms. The van der Waals surface area contributed by atoms with Gasteiger partial charge in [-0.15, -0.1) is 0 Å². The van der Waals surface area contributed by atoms with Gasteiger partial charge in [-0.3, -0.25) is 5.43 Å². The molecule has 0 aromatic heterocycles. The minimum Gasteiger partial charge on any atom is -0.383 e. The van der Waals surface area contributed by atoms with E-state index >= 15 is 0 Å². The Morgan fingerprint density at radius 3 is 2.94 bits per heavy atom. The van der Waals surface area contributed by atoms with Crippen molar-refractivity contribution in [2.45, 2.75) is 32.7 Å². The van der Waals surface area contributed by atoms with Crippen molar-refractivity contribution >= 4 is 23.0 Å². The summed E-state index contributed by atoms with van der Waals surface area (Å²) in [4.78, 5) is 0.